The van der Waals surface area contributed by atoms with Crippen LogP contribution in [-0.2, 0) is 4.79 Å². The standard InChI is InChI=1S/C24H17BrFNO2/c1-15-23(28)21(24(29)17-5-3-2-4-6-17)22(16-7-9-18(25)10-8-16)27(15)20-13-11-19(26)12-14-20/h2-14,22,29H,1H2. The highest BCUT2D eigenvalue weighted by Crippen LogP contribution is 2.45. The van der Waals surface area contributed by atoms with Gasteiger partial charge in [0.15, 0.2) is 0 Å². The third kappa shape index (κ3) is 3.49. The van der Waals surface area contributed by atoms with Crippen LogP contribution in [-0.4, -0.2) is 10.9 Å². The summed E-state index contributed by atoms with van der Waals surface area (Å²) in [7, 11) is 0. The number of aliphatic hydroxyl groups excluding tert-OH is 1. The summed E-state index contributed by atoms with van der Waals surface area (Å²) in [4.78, 5) is 14.9. The first-order chi connectivity index (χ1) is 14.0. The lowest BCUT2D eigenvalue weighted by Crippen LogP contribution is -2.22. The molecule has 1 aliphatic heterocycles. The number of hydrogen-bond acceptors (Lipinski definition) is 3. The molecule has 5 heteroatoms. The number of Topliss-reactive ketones (excluding diaryl/α,β-unsaturated/α-hetero) is 1. The third-order valence-electron chi connectivity index (χ3n) is 4.92. The molecule has 1 atom stereocenters. The molecule has 1 unspecified atom stereocenters. The van der Waals surface area contributed by atoms with Gasteiger partial charge in [0.25, 0.3) is 0 Å². The van der Waals surface area contributed by atoms with Crippen LogP contribution in [0.3, 0.4) is 0 Å². The summed E-state index contributed by atoms with van der Waals surface area (Å²) in [6, 6.07) is 21.7. The second-order valence-corrected chi connectivity index (χ2v) is 7.62. The van der Waals surface area contributed by atoms with E-state index in [2.05, 4.69) is 22.5 Å². The Kier molecular flexibility index (Phi) is 5.07. The van der Waals surface area contributed by atoms with E-state index in [1.807, 2.05) is 30.3 Å². The number of carbonyl (C=O) groups is 1. The molecule has 0 amide bonds. The molecule has 4 rings (SSSR count). The van der Waals surface area contributed by atoms with Gasteiger partial charge in [0, 0.05) is 15.7 Å². The maximum absolute atomic E-state index is 13.5. The van der Waals surface area contributed by atoms with Gasteiger partial charge in [-0.15, -0.1) is 0 Å². The lowest BCUT2D eigenvalue weighted by molar-refractivity contribution is -0.111. The van der Waals surface area contributed by atoms with Gasteiger partial charge in [0.05, 0.1) is 17.3 Å². The molecule has 0 saturated carbocycles. The van der Waals surface area contributed by atoms with E-state index >= 15 is 0 Å². The number of allylic oxidation sites excluding steroid dienone is 1. The van der Waals surface area contributed by atoms with E-state index in [-0.39, 0.29) is 28.6 Å². The number of anilines is 1. The Bertz CT molecular complexity index is 1110. The summed E-state index contributed by atoms with van der Waals surface area (Å²) in [6.07, 6.45) is 0. The molecule has 0 radical (unpaired) electrons. The number of benzene rings is 3. The van der Waals surface area contributed by atoms with Crippen LogP contribution in [0.1, 0.15) is 17.2 Å². The van der Waals surface area contributed by atoms with Gasteiger partial charge in [0.2, 0.25) is 5.78 Å². The minimum Gasteiger partial charge on any atom is -0.507 e. The molecule has 3 aromatic carbocycles. The summed E-state index contributed by atoms with van der Waals surface area (Å²) < 4.78 is 14.4. The minimum absolute atomic E-state index is 0.0886. The molecule has 29 heavy (non-hydrogen) atoms. The number of hydrogen-bond donors (Lipinski definition) is 1. The number of carbonyl (C=O) groups excluding carboxylic acids is 1. The van der Waals surface area contributed by atoms with Crippen LogP contribution >= 0.6 is 15.9 Å². The van der Waals surface area contributed by atoms with E-state index in [9.17, 15) is 14.3 Å². The number of rotatable bonds is 3. The normalized spacial score (nSPS) is 18.3. The van der Waals surface area contributed by atoms with E-state index in [1.54, 1.807) is 41.3 Å². The Hall–Kier alpha value is -3.18. The zero-order chi connectivity index (χ0) is 20.5. The van der Waals surface area contributed by atoms with Crippen LogP contribution in [0.25, 0.3) is 5.76 Å². The first-order valence-corrected chi connectivity index (χ1v) is 9.79. The van der Waals surface area contributed by atoms with Crippen molar-refractivity contribution in [2.45, 2.75) is 6.04 Å². The highest BCUT2D eigenvalue weighted by atomic mass is 79.9. The summed E-state index contributed by atoms with van der Waals surface area (Å²) >= 11 is 3.43. The summed E-state index contributed by atoms with van der Waals surface area (Å²) in [6.45, 7) is 3.96. The molecular formula is C24H17BrFNO2. The van der Waals surface area contributed by atoms with Crippen LogP contribution in [0.15, 0.2) is 101 Å². The van der Waals surface area contributed by atoms with Gasteiger partial charge in [-0.2, -0.15) is 0 Å². The quantitative estimate of drug-likeness (QED) is 0.382. The van der Waals surface area contributed by atoms with Gasteiger partial charge in [-0.25, -0.2) is 4.39 Å². The number of ketones is 1. The molecule has 0 spiro atoms. The fourth-order valence-electron chi connectivity index (χ4n) is 3.53. The Balaban J connectivity index is 1.94. The molecule has 3 nitrogen and oxygen atoms in total. The van der Waals surface area contributed by atoms with Crippen LogP contribution in [0.2, 0.25) is 0 Å². The first-order valence-electron chi connectivity index (χ1n) is 9.00. The summed E-state index contributed by atoms with van der Waals surface area (Å²) in [5.41, 5.74) is 2.44. The predicted octanol–water partition coefficient (Wildman–Crippen LogP) is 6.20. The number of nitrogens with zero attached hydrogens (tertiary/aromatic N) is 1. The maximum Gasteiger partial charge on any atom is 0.210 e. The van der Waals surface area contributed by atoms with E-state index in [4.69, 9.17) is 0 Å². The fourth-order valence-corrected chi connectivity index (χ4v) is 3.79. The SMILES string of the molecule is C=C1C(=O)C(=C(O)c2ccccc2)C(c2ccc(Br)cc2)N1c1ccc(F)cc1. The van der Waals surface area contributed by atoms with Crippen molar-refractivity contribution in [2.24, 2.45) is 0 Å². The van der Waals surface area contributed by atoms with E-state index < -0.39 is 6.04 Å². The molecule has 1 heterocycles. The van der Waals surface area contributed by atoms with Crippen molar-refractivity contribution in [3.05, 3.63) is 118 Å². The van der Waals surface area contributed by atoms with Crippen LogP contribution in [0.4, 0.5) is 10.1 Å². The Morgan fingerprint density at radius 2 is 1.59 bits per heavy atom. The first kappa shape index (κ1) is 19.2. The highest BCUT2D eigenvalue weighted by Gasteiger charge is 2.43. The average Bonchev–Trinajstić information content (AvgIpc) is 3.00. The lowest BCUT2D eigenvalue weighted by atomic mass is 9.95. The molecule has 144 valence electrons. The largest absolute Gasteiger partial charge is 0.507 e. The van der Waals surface area contributed by atoms with Gasteiger partial charge in [0.1, 0.15) is 11.6 Å². The van der Waals surface area contributed by atoms with Crippen molar-refractivity contribution in [3.63, 3.8) is 0 Å². The highest BCUT2D eigenvalue weighted by molar-refractivity contribution is 9.10. The molecule has 0 aromatic heterocycles. The molecular weight excluding hydrogens is 433 g/mol. The summed E-state index contributed by atoms with van der Waals surface area (Å²) in [5.74, 6) is -0.800. The van der Waals surface area contributed by atoms with Crippen molar-refractivity contribution < 1.29 is 14.3 Å². The van der Waals surface area contributed by atoms with Gasteiger partial charge >= 0.3 is 0 Å². The maximum atomic E-state index is 13.5. The Morgan fingerprint density at radius 3 is 2.21 bits per heavy atom. The van der Waals surface area contributed by atoms with Crippen molar-refractivity contribution in [3.8, 4) is 0 Å². The zero-order valence-electron chi connectivity index (χ0n) is 15.3. The topological polar surface area (TPSA) is 40.5 Å². The van der Waals surface area contributed by atoms with Gasteiger partial charge in [-0.05, 0) is 42.0 Å². The molecule has 1 N–H and O–H groups in total. The van der Waals surface area contributed by atoms with Gasteiger partial charge in [-0.1, -0.05) is 65.0 Å². The molecule has 0 aliphatic carbocycles. The van der Waals surface area contributed by atoms with Crippen LogP contribution < -0.4 is 4.90 Å². The smallest absolute Gasteiger partial charge is 0.210 e. The van der Waals surface area contributed by atoms with Crippen molar-refractivity contribution in [2.75, 3.05) is 4.90 Å². The Labute approximate surface area is 176 Å². The molecule has 1 fully saturated rings. The molecule has 1 aliphatic rings. The van der Waals surface area contributed by atoms with Gasteiger partial charge < -0.3 is 10.0 Å². The monoisotopic (exact) mass is 449 g/mol. The number of aliphatic hydroxyl groups is 1. The predicted molar refractivity (Wildman–Crippen MR) is 116 cm³/mol. The molecule has 1 saturated heterocycles. The number of halogens is 2. The van der Waals surface area contributed by atoms with Gasteiger partial charge in [-0.3, -0.25) is 4.79 Å². The molecule has 3 aromatic rings. The summed E-state index contributed by atoms with van der Waals surface area (Å²) in [5, 5.41) is 11.0. The minimum atomic E-state index is -0.589. The van der Waals surface area contributed by atoms with Crippen LogP contribution in [0, 0.1) is 5.82 Å². The fraction of sp³-hybridized carbons (Fsp3) is 0.0417. The lowest BCUT2D eigenvalue weighted by Gasteiger charge is -2.27. The average molecular weight is 450 g/mol. The van der Waals surface area contributed by atoms with Crippen molar-refractivity contribution >= 4 is 33.2 Å². The van der Waals surface area contributed by atoms with Crippen molar-refractivity contribution in [1.82, 2.24) is 0 Å². The Morgan fingerprint density at radius 1 is 0.966 bits per heavy atom. The van der Waals surface area contributed by atoms with E-state index in [0.29, 0.717) is 11.3 Å². The molecule has 0 bridgehead atoms. The second-order valence-electron chi connectivity index (χ2n) is 6.70. The zero-order valence-corrected chi connectivity index (χ0v) is 16.9. The van der Waals surface area contributed by atoms with E-state index in [1.165, 1.54) is 12.1 Å². The van der Waals surface area contributed by atoms with Crippen molar-refractivity contribution in [1.29, 1.82) is 0 Å². The second kappa shape index (κ2) is 7.68. The third-order valence-corrected chi connectivity index (χ3v) is 5.45. The van der Waals surface area contributed by atoms with Crippen LogP contribution in [0.5, 0.6) is 0 Å². The van der Waals surface area contributed by atoms with E-state index in [0.717, 1.165) is 10.0 Å².